The normalized spacial score (nSPS) is 12.0. The van der Waals surface area contributed by atoms with Gasteiger partial charge in [0.25, 0.3) is 0 Å². The predicted octanol–water partition coefficient (Wildman–Crippen LogP) is 11.5. The van der Waals surface area contributed by atoms with E-state index >= 15 is 0 Å². The summed E-state index contributed by atoms with van der Waals surface area (Å²) >= 11 is 1.83. The van der Waals surface area contributed by atoms with E-state index in [1.807, 2.05) is 48.0 Å². The summed E-state index contributed by atoms with van der Waals surface area (Å²) in [5, 5.41) is 8.56. The first-order valence-electron chi connectivity index (χ1n) is 14.8. The first-order valence-corrected chi connectivity index (χ1v) is 15.7. The van der Waals surface area contributed by atoms with Crippen molar-refractivity contribution in [2.45, 2.75) is 46.0 Å². The molecule has 3 nitrogen and oxygen atoms in total. The van der Waals surface area contributed by atoms with Crippen molar-refractivity contribution in [3.05, 3.63) is 120 Å². The molecule has 0 bridgehead atoms. The number of ether oxygens (including phenoxy) is 1. The Hall–Kier alpha value is -4.54. The largest absolute Gasteiger partial charge is 0.457 e. The fraction of sp³-hybridized carbons (Fsp3) is 0.179. The third-order valence-corrected chi connectivity index (χ3v) is 9.18. The molecule has 0 unspecified atom stereocenters. The van der Waals surface area contributed by atoms with Crippen LogP contribution in [0.3, 0.4) is 0 Å². The second-order valence-corrected chi connectivity index (χ2v) is 13.5. The van der Waals surface area contributed by atoms with E-state index in [-0.39, 0.29) is 5.41 Å². The van der Waals surface area contributed by atoms with Crippen molar-refractivity contribution in [1.82, 2.24) is 9.97 Å². The number of pyridine rings is 2. The van der Waals surface area contributed by atoms with E-state index in [4.69, 9.17) is 9.72 Å². The zero-order valence-electron chi connectivity index (χ0n) is 25.2. The van der Waals surface area contributed by atoms with E-state index in [2.05, 4.69) is 112 Å². The molecule has 0 saturated carbocycles. The summed E-state index contributed by atoms with van der Waals surface area (Å²) in [4.78, 5) is 9.57. The van der Waals surface area contributed by atoms with Crippen LogP contribution in [0.15, 0.2) is 109 Å². The van der Waals surface area contributed by atoms with Gasteiger partial charge in [-0.05, 0) is 92.5 Å². The summed E-state index contributed by atoms with van der Waals surface area (Å²) in [6.45, 7) is 11.2. The second-order valence-electron chi connectivity index (χ2n) is 12.5. The van der Waals surface area contributed by atoms with Gasteiger partial charge in [0.2, 0.25) is 0 Å². The number of thiophene rings is 1. The maximum Gasteiger partial charge on any atom is 0.128 e. The molecule has 0 radical (unpaired) electrons. The lowest BCUT2D eigenvalue weighted by atomic mass is 9.87. The van der Waals surface area contributed by atoms with Gasteiger partial charge in [-0.3, -0.25) is 9.97 Å². The van der Waals surface area contributed by atoms with Gasteiger partial charge in [0.15, 0.2) is 0 Å². The zero-order valence-corrected chi connectivity index (χ0v) is 26.0. The van der Waals surface area contributed by atoms with Crippen LogP contribution in [-0.4, -0.2) is 9.97 Å². The molecule has 43 heavy (non-hydrogen) atoms. The van der Waals surface area contributed by atoms with Crippen molar-refractivity contribution in [3.63, 3.8) is 0 Å². The van der Waals surface area contributed by atoms with Crippen molar-refractivity contribution in [1.29, 1.82) is 0 Å². The van der Waals surface area contributed by atoms with Crippen molar-refractivity contribution >= 4 is 43.0 Å². The van der Waals surface area contributed by atoms with Crippen LogP contribution in [0, 0.1) is 0 Å². The van der Waals surface area contributed by atoms with Gasteiger partial charge < -0.3 is 4.74 Å². The fourth-order valence-electron chi connectivity index (χ4n) is 5.90. The monoisotopic (exact) mass is 578 g/mol. The summed E-state index contributed by atoms with van der Waals surface area (Å²) in [6, 6.07) is 31.8. The second kappa shape index (κ2) is 10.6. The lowest BCUT2D eigenvalue weighted by molar-refractivity contribution is 0.483. The van der Waals surface area contributed by atoms with Crippen LogP contribution in [0.4, 0.5) is 0 Å². The van der Waals surface area contributed by atoms with E-state index in [1.165, 1.54) is 42.8 Å². The molecule has 0 atom stereocenters. The number of hydrogen-bond donors (Lipinski definition) is 0. The Morgan fingerprint density at radius 3 is 2.16 bits per heavy atom. The standard InChI is InChI=1S/C39H34N2OS/c1-24(2)33-23-43-35-15-14-31-32(37(33)35)13-12-25-16-18-41-38(36(25)31)27-9-7-11-30(21-27)42-29-10-6-8-26(20-29)34-22-28(17-19-40-34)39(3,4)5/h6-24H,1-5H3. The highest BCUT2D eigenvalue weighted by Gasteiger charge is 2.17. The molecule has 3 aromatic heterocycles. The first kappa shape index (κ1) is 27.3. The van der Waals surface area contributed by atoms with Crippen LogP contribution in [0.1, 0.15) is 51.7 Å². The summed E-state index contributed by atoms with van der Waals surface area (Å²) in [5.41, 5.74) is 6.69. The van der Waals surface area contributed by atoms with E-state index in [0.717, 1.165) is 34.0 Å². The topological polar surface area (TPSA) is 35.0 Å². The van der Waals surface area contributed by atoms with Crippen molar-refractivity contribution in [3.8, 4) is 34.0 Å². The van der Waals surface area contributed by atoms with E-state index < -0.39 is 0 Å². The highest BCUT2D eigenvalue weighted by Crippen LogP contribution is 2.41. The molecule has 0 aliphatic carbocycles. The molecule has 0 saturated heterocycles. The SMILES string of the molecule is CC(C)c1csc2ccc3c(ccc4ccnc(-c5cccc(Oc6cccc(-c7cc(C(C)(C)C)ccn7)c6)c5)c43)c12. The molecule has 0 aliphatic rings. The van der Waals surface area contributed by atoms with Gasteiger partial charge in [-0.15, -0.1) is 11.3 Å². The van der Waals surface area contributed by atoms with Crippen LogP contribution in [0.2, 0.25) is 0 Å². The minimum absolute atomic E-state index is 0.0552. The van der Waals surface area contributed by atoms with Crippen molar-refractivity contribution in [2.75, 3.05) is 0 Å². The molecular weight excluding hydrogens is 545 g/mol. The van der Waals surface area contributed by atoms with Gasteiger partial charge in [0, 0.05) is 39.0 Å². The molecule has 0 amide bonds. The maximum atomic E-state index is 6.43. The first-order chi connectivity index (χ1) is 20.8. The molecule has 212 valence electrons. The van der Waals surface area contributed by atoms with Gasteiger partial charge in [-0.2, -0.15) is 0 Å². The van der Waals surface area contributed by atoms with Gasteiger partial charge in [-0.1, -0.05) is 77.1 Å². The lowest BCUT2D eigenvalue weighted by Gasteiger charge is -2.19. The zero-order chi connectivity index (χ0) is 29.7. The number of hydrogen-bond acceptors (Lipinski definition) is 4. The Bertz CT molecular complexity index is 2130. The number of fused-ring (bicyclic) bond motifs is 5. The molecule has 4 aromatic carbocycles. The minimum atomic E-state index is 0.0552. The fourth-order valence-corrected chi connectivity index (χ4v) is 7.04. The molecule has 4 heteroatoms. The predicted molar refractivity (Wildman–Crippen MR) is 183 cm³/mol. The Kier molecular flexibility index (Phi) is 6.75. The molecule has 7 rings (SSSR count). The number of benzene rings is 4. The van der Waals surface area contributed by atoms with Crippen LogP contribution >= 0.6 is 11.3 Å². The third-order valence-electron chi connectivity index (χ3n) is 8.21. The summed E-state index contributed by atoms with van der Waals surface area (Å²) < 4.78 is 7.77. The maximum absolute atomic E-state index is 6.43. The van der Waals surface area contributed by atoms with Crippen molar-refractivity contribution < 1.29 is 4.74 Å². The van der Waals surface area contributed by atoms with Crippen LogP contribution < -0.4 is 4.74 Å². The Morgan fingerprint density at radius 1 is 0.698 bits per heavy atom. The highest BCUT2D eigenvalue weighted by atomic mass is 32.1. The molecule has 0 fully saturated rings. The number of aromatic nitrogens is 2. The van der Waals surface area contributed by atoms with E-state index in [0.29, 0.717) is 5.92 Å². The van der Waals surface area contributed by atoms with Gasteiger partial charge in [0.1, 0.15) is 11.5 Å². The average Bonchev–Trinajstić information content (AvgIpc) is 3.46. The molecule has 0 spiro atoms. The molecule has 0 N–H and O–H groups in total. The molecule has 3 heterocycles. The Balaban J connectivity index is 1.29. The van der Waals surface area contributed by atoms with Crippen LogP contribution in [0.5, 0.6) is 11.5 Å². The lowest BCUT2D eigenvalue weighted by Crippen LogP contribution is -2.11. The number of rotatable bonds is 5. The molecule has 0 aliphatic heterocycles. The molecular formula is C39H34N2OS. The van der Waals surface area contributed by atoms with E-state index in [9.17, 15) is 0 Å². The Labute approximate surface area is 256 Å². The average molecular weight is 579 g/mol. The van der Waals surface area contributed by atoms with Crippen LogP contribution in [0.25, 0.3) is 54.1 Å². The molecule has 7 aromatic rings. The van der Waals surface area contributed by atoms with Crippen molar-refractivity contribution in [2.24, 2.45) is 0 Å². The van der Waals surface area contributed by atoms with Gasteiger partial charge >= 0.3 is 0 Å². The Morgan fingerprint density at radius 2 is 1.40 bits per heavy atom. The number of nitrogens with zero attached hydrogens (tertiary/aromatic N) is 2. The van der Waals surface area contributed by atoms with E-state index in [1.54, 1.807) is 0 Å². The van der Waals surface area contributed by atoms with Crippen LogP contribution in [-0.2, 0) is 5.41 Å². The van der Waals surface area contributed by atoms with Gasteiger partial charge in [0.05, 0.1) is 11.4 Å². The summed E-state index contributed by atoms with van der Waals surface area (Å²) in [5.74, 6) is 2.01. The highest BCUT2D eigenvalue weighted by molar-refractivity contribution is 7.17. The summed E-state index contributed by atoms with van der Waals surface area (Å²) in [7, 11) is 0. The van der Waals surface area contributed by atoms with Gasteiger partial charge in [-0.25, -0.2) is 0 Å². The quantitative estimate of drug-likeness (QED) is 0.191. The smallest absolute Gasteiger partial charge is 0.128 e. The third kappa shape index (κ3) is 5.06. The summed E-state index contributed by atoms with van der Waals surface area (Å²) in [6.07, 6.45) is 3.79. The minimum Gasteiger partial charge on any atom is -0.457 e.